The normalized spacial score (nSPS) is 17.7. The molecule has 3 heterocycles. The van der Waals surface area contributed by atoms with Gasteiger partial charge in [-0.3, -0.25) is 9.80 Å². The Hall–Kier alpha value is -3.24. The monoisotopic (exact) mass is 459 g/mol. The van der Waals surface area contributed by atoms with Gasteiger partial charge in [0.15, 0.2) is 5.69 Å². The van der Waals surface area contributed by atoms with Gasteiger partial charge in [-0.25, -0.2) is 18.6 Å². The first-order valence-corrected chi connectivity index (χ1v) is 10.6. The van der Waals surface area contributed by atoms with E-state index in [2.05, 4.69) is 14.9 Å². The number of halogens is 2. The number of methoxy groups -OCH3 is 1. The minimum atomic E-state index is -2.44. The molecule has 4 rings (SSSR count). The van der Waals surface area contributed by atoms with Crippen molar-refractivity contribution in [1.29, 1.82) is 0 Å². The summed E-state index contributed by atoms with van der Waals surface area (Å²) in [5.41, 5.74) is 9.54. The molecule has 1 aromatic carbocycles. The number of alkyl halides is 2. The highest BCUT2D eigenvalue weighted by Crippen LogP contribution is 2.35. The van der Waals surface area contributed by atoms with E-state index in [4.69, 9.17) is 10.5 Å². The van der Waals surface area contributed by atoms with Crippen LogP contribution in [-0.4, -0.2) is 70.6 Å². The number of piperazine rings is 1. The number of carboxylic acids is 1. The summed E-state index contributed by atoms with van der Waals surface area (Å²) in [6, 6.07) is 5.27. The van der Waals surface area contributed by atoms with Crippen molar-refractivity contribution in [3.63, 3.8) is 0 Å². The molecule has 0 unspecified atom stereocenters. The Labute approximate surface area is 190 Å². The number of carboxylic acid groups (broad SMARTS) is 1. The summed E-state index contributed by atoms with van der Waals surface area (Å²) in [5, 5.41) is 10.3. The molecule has 1 fully saturated rings. The van der Waals surface area contributed by atoms with E-state index < -0.39 is 12.4 Å². The van der Waals surface area contributed by atoms with E-state index >= 15 is 0 Å². The molecule has 0 radical (unpaired) electrons. The van der Waals surface area contributed by atoms with Gasteiger partial charge in [0.2, 0.25) is 0 Å². The number of hydrogen-bond acceptors (Lipinski definition) is 6. The van der Waals surface area contributed by atoms with E-state index in [0.717, 1.165) is 27.8 Å². The third-order valence-electron chi connectivity index (χ3n) is 6.19. The standard InChI is InChI=1S/C23H27F2N5O3/c1-13-7-19(33-2)16(15-3-4-27-21(13)15)10-30-6-5-29(12-20(24)25)11-18(30)14-8-17(26)22(23(31)32)28-9-14/h3-4,7-9,18,20,27H,5-6,10-12,26H2,1-2H3,(H,31,32)/t18-/m1/s1. The van der Waals surface area contributed by atoms with Gasteiger partial charge in [0.05, 0.1) is 19.3 Å². The molecule has 176 valence electrons. The van der Waals surface area contributed by atoms with Gasteiger partial charge in [-0.1, -0.05) is 0 Å². The Balaban J connectivity index is 1.71. The quantitative estimate of drug-likeness (QED) is 0.498. The van der Waals surface area contributed by atoms with Crippen LogP contribution in [0.4, 0.5) is 14.5 Å². The number of rotatable bonds is 7. The van der Waals surface area contributed by atoms with Crippen molar-refractivity contribution in [1.82, 2.24) is 19.8 Å². The molecule has 1 saturated heterocycles. The Morgan fingerprint density at radius 2 is 2.18 bits per heavy atom. The lowest BCUT2D eigenvalue weighted by Gasteiger charge is -2.42. The van der Waals surface area contributed by atoms with Gasteiger partial charge in [-0.15, -0.1) is 0 Å². The predicted octanol–water partition coefficient (Wildman–Crippen LogP) is 3.28. The number of carbonyl (C=O) groups is 1. The number of nitrogens with one attached hydrogen (secondary N) is 1. The SMILES string of the molecule is COc1cc(C)c2[nH]ccc2c1CN1CCN(CC(F)F)C[C@@H]1c1cnc(C(=O)O)c(N)c1. The Morgan fingerprint density at radius 1 is 1.39 bits per heavy atom. The number of aryl methyl sites for hydroxylation is 1. The first-order chi connectivity index (χ1) is 15.8. The van der Waals surface area contributed by atoms with Crippen molar-refractivity contribution in [3.05, 3.63) is 53.0 Å². The van der Waals surface area contributed by atoms with Gasteiger partial charge >= 0.3 is 5.97 Å². The number of aromatic carboxylic acids is 1. The summed E-state index contributed by atoms with van der Waals surface area (Å²) in [6.07, 6.45) is 0.918. The molecular formula is C23H27F2N5O3. The second-order valence-electron chi connectivity index (χ2n) is 8.29. The fraction of sp³-hybridized carbons (Fsp3) is 0.391. The van der Waals surface area contributed by atoms with Crippen LogP contribution in [0.1, 0.15) is 33.2 Å². The number of nitrogen functional groups attached to an aromatic ring is 1. The lowest BCUT2D eigenvalue weighted by atomic mass is 9.99. The molecule has 8 nitrogen and oxygen atoms in total. The van der Waals surface area contributed by atoms with E-state index in [1.165, 1.54) is 6.20 Å². The lowest BCUT2D eigenvalue weighted by molar-refractivity contribution is 0.0245. The first kappa shape index (κ1) is 22.9. The number of pyridine rings is 1. The van der Waals surface area contributed by atoms with Crippen LogP contribution in [0.25, 0.3) is 10.9 Å². The molecule has 2 aromatic heterocycles. The molecule has 1 atom stereocenters. The summed E-state index contributed by atoms with van der Waals surface area (Å²) >= 11 is 0. The molecular weight excluding hydrogens is 432 g/mol. The summed E-state index contributed by atoms with van der Waals surface area (Å²) in [4.78, 5) is 22.5. The Morgan fingerprint density at radius 3 is 2.85 bits per heavy atom. The van der Waals surface area contributed by atoms with Gasteiger partial charge in [0.25, 0.3) is 6.43 Å². The Bertz CT molecular complexity index is 1170. The molecule has 0 aliphatic carbocycles. The van der Waals surface area contributed by atoms with Crippen LogP contribution in [0.2, 0.25) is 0 Å². The lowest BCUT2D eigenvalue weighted by Crippen LogP contribution is -2.49. The number of ether oxygens (including phenoxy) is 1. The van der Waals surface area contributed by atoms with Crippen molar-refractivity contribution < 1.29 is 23.4 Å². The zero-order valence-corrected chi connectivity index (χ0v) is 18.5. The average molecular weight is 459 g/mol. The summed E-state index contributed by atoms with van der Waals surface area (Å²) < 4.78 is 31.9. The number of aromatic nitrogens is 2. The number of fused-ring (bicyclic) bond motifs is 1. The summed E-state index contributed by atoms with van der Waals surface area (Å²) in [5.74, 6) is -0.453. The van der Waals surface area contributed by atoms with E-state index in [9.17, 15) is 18.7 Å². The summed E-state index contributed by atoms with van der Waals surface area (Å²) in [6.45, 7) is 3.59. The maximum absolute atomic E-state index is 13.1. The van der Waals surface area contributed by atoms with Gasteiger partial charge < -0.3 is 20.6 Å². The number of nitrogens with two attached hydrogens (primary N) is 1. The summed E-state index contributed by atoms with van der Waals surface area (Å²) in [7, 11) is 1.63. The topological polar surface area (TPSA) is 108 Å². The van der Waals surface area contributed by atoms with E-state index in [1.807, 2.05) is 25.3 Å². The highest BCUT2D eigenvalue weighted by atomic mass is 19.3. The van der Waals surface area contributed by atoms with Crippen LogP contribution in [0.5, 0.6) is 5.75 Å². The number of benzene rings is 1. The van der Waals surface area contributed by atoms with Crippen LogP contribution in [0.15, 0.2) is 30.6 Å². The second kappa shape index (κ2) is 9.32. The predicted molar refractivity (Wildman–Crippen MR) is 121 cm³/mol. The molecule has 3 aromatic rings. The zero-order valence-electron chi connectivity index (χ0n) is 18.5. The first-order valence-electron chi connectivity index (χ1n) is 10.6. The molecule has 0 bridgehead atoms. The molecule has 1 aliphatic heterocycles. The molecule has 0 saturated carbocycles. The van der Waals surface area contributed by atoms with Crippen molar-refractivity contribution in [3.8, 4) is 5.75 Å². The third-order valence-corrected chi connectivity index (χ3v) is 6.19. The fourth-order valence-electron chi connectivity index (χ4n) is 4.59. The van der Waals surface area contributed by atoms with Crippen molar-refractivity contribution in [2.45, 2.75) is 25.9 Å². The van der Waals surface area contributed by atoms with E-state index in [1.54, 1.807) is 18.1 Å². The van der Waals surface area contributed by atoms with Crippen molar-refractivity contribution in [2.24, 2.45) is 0 Å². The number of H-pyrrole nitrogens is 1. The molecule has 10 heteroatoms. The van der Waals surface area contributed by atoms with E-state index in [-0.39, 0.29) is 24.0 Å². The van der Waals surface area contributed by atoms with E-state index in [0.29, 0.717) is 31.7 Å². The minimum absolute atomic E-state index is 0.0480. The van der Waals surface area contributed by atoms with Crippen molar-refractivity contribution >= 4 is 22.6 Å². The fourth-order valence-corrected chi connectivity index (χ4v) is 4.59. The number of hydrogen-bond donors (Lipinski definition) is 3. The molecule has 4 N–H and O–H groups in total. The zero-order chi connectivity index (χ0) is 23.7. The molecule has 1 aliphatic rings. The largest absolute Gasteiger partial charge is 0.496 e. The molecule has 0 amide bonds. The minimum Gasteiger partial charge on any atom is -0.496 e. The third kappa shape index (κ3) is 4.62. The highest BCUT2D eigenvalue weighted by molar-refractivity contribution is 5.91. The maximum Gasteiger partial charge on any atom is 0.356 e. The number of anilines is 1. The smallest absolute Gasteiger partial charge is 0.356 e. The van der Waals surface area contributed by atoms with Gasteiger partial charge in [0.1, 0.15) is 5.75 Å². The van der Waals surface area contributed by atoms with Crippen LogP contribution in [0.3, 0.4) is 0 Å². The molecule has 33 heavy (non-hydrogen) atoms. The van der Waals surface area contributed by atoms with Gasteiger partial charge in [-0.2, -0.15) is 0 Å². The van der Waals surface area contributed by atoms with Crippen LogP contribution >= 0.6 is 0 Å². The van der Waals surface area contributed by atoms with Crippen molar-refractivity contribution in [2.75, 3.05) is 39.0 Å². The van der Waals surface area contributed by atoms with Crippen LogP contribution in [-0.2, 0) is 6.54 Å². The number of nitrogens with zero attached hydrogens (tertiary/aromatic N) is 3. The Kier molecular flexibility index (Phi) is 6.48. The highest BCUT2D eigenvalue weighted by Gasteiger charge is 2.31. The number of aromatic amines is 1. The van der Waals surface area contributed by atoms with Gasteiger partial charge in [-0.05, 0) is 36.2 Å². The van der Waals surface area contributed by atoms with Gasteiger partial charge in [0, 0.05) is 61.1 Å². The average Bonchev–Trinajstić information content (AvgIpc) is 3.26. The molecule has 0 spiro atoms. The maximum atomic E-state index is 13.1. The second-order valence-corrected chi connectivity index (χ2v) is 8.29. The van der Waals surface area contributed by atoms with Crippen LogP contribution < -0.4 is 10.5 Å². The van der Waals surface area contributed by atoms with Crippen LogP contribution in [0, 0.1) is 6.92 Å².